The van der Waals surface area contributed by atoms with Crippen LogP contribution in [0.4, 0.5) is 0 Å². The molecule has 0 aliphatic carbocycles. The molecule has 12 atom stereocenters. The van der Waals surface area contributed by atoms with Crippen LogP contribution in [0.5, 0.6) is 0 Å². The second kappa shape index (κ2) is 15.4. The largest absolute Gasteiger partial charge is 0.102 e. The van der Waals surface area contributed by atoms with E-state index in [1.807, 2.05) is 0 Å². The normalized spacial score (nSPS) is 15.2. The first kappa shape index (κ1) is 28.6. The minimum atomic E-state index is 0.0247. The molecule has 0 aliphatic heterocycles. The lowest BCUT2D eigenvalue weighted by Crippen LogP contribution is -1.56. The summed E-state index contributed by atoms with van der Waals surface area (Å²) in [7, 11) is 34.7. The summed E-state index contributed by atoms with van der Waals surface area (Å²) in [5, 5.41) is 0. The zero-order valence-electron chi connectivity index (χ0n) is 10.4. The highest BCUT2D eigenvalue weighted by atomic mass is 33.4. The molecule has 0 aromatic rings. The Bertz CT molecular complexity index is 211. The van der Waals surface area contributed by atoms with E-state index < -0.39 is 0 Å². The third-order valence-electron chi connectivity index (χ3n) is 1.57. The van der Waals surface area contributed by atoms with Crippen LogP contribution in [-0.2, 0) is 0 Å². The van der Waals surface area contributed by atoms with Crippen molar-refractivity contribution in [2.75, 3.05) is 0 Å². The first-order valence-corrected chi connectivity index (χ1v) is 40.0. The van der Waals surface area contributed by atoms with E-state index in [-0.39, 0.29) is 62.9 Å². The average Bonchev–Trinajstić information content (AvgIpc) is 2.24. The Balaban J connectivity index is 5.66. The van der Waals surface area contributed by atoms with Crippen LogP contribution in [0.3, 0.4) is 0 Å². The molecule has 0 heterocycles. The topological polar surface area (TPSA) is 0 Å². The van der Waals surface area contributed by atoms with Crippen molar-refractivity contribution in [3.05, 3.63) is 0 Å². The van der Waals surface area contributed by atoms with Crippen LogP contribution in [0.1, 0.15) is 0 Å². The zero-order valence-corrected chi connectivity index (χ0v) is 31.1. The first-order valence-electron chi connectivity index (χ1n) is 4.44. The predicted octanol–water partition coefficient (Wildman–Crippen LogP) is 11.3. The van der Waals surface area contributed by atoms with Gasteiger partial charge < -0.3 is 0 Å². The molecule has 20 heteroatoms. The van der Waals surface area contributed by atoms with E-state index in [0.29, 0.717) is 0 Å². The molecule has 122 valence electrons. The number of hydrogen-bond acceptors (Lipinski definition) is 0. The summed E-state index contributed by atoms with van der Waals surface area (Å²) in [6, 6.07) is 0. The van der Waals surface area contributed by atoms with Crippen LogP contribution >= 0.6 is 161 Å². The summed E-state index contributed by atoms with van der Waals surface area (Å²) in [6.45, 7) is 0.622. The van der Waals surface area contributed by atoms with Crippen molar-refractivity contribution in [2.24, 2.45) is 0 Å². The lowest BCUT2D eigenvalue weighted by atomic mass is 28.6. The van der Waals surface area contributed by atoms with Gasteiger partial charge in [0.15, 0.2) is 0 Å². The minimum Gasteiger partial charge on any atom is -0.102 e. The van der Waals surface area contributed by atoms with E-state index in [9.17, 15) is 0 Å². The van der Waals surface area contributed by atoms with Gasteiger partial charge in [-0.2, -0.15) is 0 Å². The van der Waals surface area contributed by atoms with Crippen molar-refractivity contribution < 1.29 is 0 Å². The summed E-state index contributed by atoms with van der Waals surface area (Å²) >= 11 is 0. The quantitative estimate of drug-likeness (QED) is 0.231. The third kappa shape index (κ3) is 10.6. The smallest absolute Gasteiger partial charge is 0.00167 e. The van der Waals surface area contributed by atoms with E-state index in [0.717, 1.165) is 0 Å². The van der Waals surface area contributed by atoms with E-state index in [2.05, 4.69) is 98.2 Å². The van der Waals surface area contributed by atoms with E-state index in [4.69, 9.17) is 0 Å². The van der Waals surface area contributed by atoms with Gasteiger partial charge in [-0.1, -0.05) is 0 Å². The van der Waals surface area contributed by atoms with Gasteiger partial charge in [-0.3, -0.25) is 0 Å². The molecular weight excluding hydrogens is 619 g/mol. The molecule has 0 aliphatic rings. The van der Waals surface area contributed by atoms with Crippen LogP contribution in [0.15, 0.2) is 0 Å². The van der Waals surface area contributed by atoms with Gasteiger partial charge in [0, 0.05) is 0 Å². The fourth-order valence-electron chi connectivity index (χ4n) is 0.936. The van der Waals surface area contributed by atoms with E-state index >= 15 is 0 Å². The number of hydrogen-bond donors (Lipinski definition) is 0. The molecule has 0 aromatic carbocycles. The molecule has 0 spiro atoms. The van der Waals surface area contributed by atoms with Crippen molar-refractivity contribution in [1.29, 1.82) is 0 Å². The maximum absolute atomic E-state index is 3.29. The van der Waals surface area contributed by atoms with Crippen molar-refractivity contribution in [3.8, 4) is 0 Å². The van der Waals surface area contributed by atoms with Crippen molar-refractivity contribution >= 4 is 161 Å². The van der Waals surface area contributed by atoms with Gasteiger partial charge in [0.1, 0.15) is 0 Å². The van der Waals surface area contributed by atoms with Crippen LogP contribution in [0.25, 0.3) is 0 Å². The van der Waals surface area contributed by atoms with Gasteiger partial charge >= 0.3 is 0 Å². The SMILES string of the molecule is PP(P)P(P)P(P(P(P)P)P(P)P)P(P(P)P)P(P)P. The molecule has 0 rings (SSSR count). The Morgan fingerprint density at radius 3 is 0.700 bits per heavy atom. The summed E-state index contributed by atoms with van der Waals surface area (Å²) in [6.07, 6.45) is 0. The molecule has 20 heavy (non-hydrogen) atoms. The summed E-state index contributed by atoms with van der Waals surface area (Å²) in [5.41, 5.74) is 0. The highest BCUT2D eigenvalue weighted by Gasteiger charge is 2.41. The van der Waals surface area contributed by atoms with Gasteiger partial charge in [0.25, 0.3) is 0 Å². The van der Waals surface area contributed by atoms with Gasteiger partial charge in [-0.15, -0.1) is 98.2 Å². The first-order chi connectivity index (χ1) is 9.02. The van der Waals surface area contributed by atoms with Crippen LogP contribution in [0, 0.1) is 0 Å². The molecule has 0 N–H and O–H groups in total. The molecule has 0 saturated carbocycles. The lowest BCUT2D eigenvalue weighted by Gasteiger charge is -2.45. The fourth-order valence-corrected chi connectivity index (χ4v) is 227. The van der Waals surface area contributed by atoms with E-state index in [1.54, 1.807) is 0 Å². The van der Waals surface area contributed by atoms with Crippen LogP contribution < -0.4 is 0 Å². The van der Waals surface area contributed by atoms with Gasteiger partial charge in [0.05, 0.1) is 0 Å². The highest BCUT2D eigenvalue weighted by molar-refractivity contribution is 9.36. The van der Waals surface area contributed by atoms with Crippen molar-refractivity contribution in [1.82, 2.24) is 0 Å². The Morgan fingerprint density at radius 2 is 0.550 bits per heavy atom. The Labute approximate surface area is 160 Å². The summed E-state index contributed by atoms with van der Waals surface area (Å²) in [4.78, 5) is 0. The molecule has 0 saturated heterocycles. The summed E-state index contributed by atoms with van der Waals surface area (Å²) in [5.74, 6) is 0. The fraction of sp³-hybridized carbons (Fsp3) is 0. The predicted molar refractivity (Wildman–Crippen MR) is 169 cm³/mol. The molecule has 0 fully saturated rings. The van der Waals surface area contributed by atoms with Crippen LogP contribution in [0.2, 0.25) is 0 Å². The Morgan fingerprint density at radius 1 is 0.300 bits per heavy atom. The van der Waals surface area contributed by atoms with E-state index in [1.165, 1.54) is 0 Å². The number of rotatable bonds is 8. The van der Waals surface area contributed by atoms with Gasteiger partial charge in [-0.05, 0) is 62.9 Å². The average molecular weight is 642 g/mol. The molecule has 0 bridgehead atoms. The second-order valence-electron chi connectivity index (χ2n) is 3.03. The van der Waals surface area contributed by atoms with Crippen molar-refractivity contribution in [2.45, 2.75) is 0 Å². The minimum absolute atomic E-state index is 0.0247. The zero-order chi connectivity index (χ0) is 16.2. The maximum Gasteiger partial charge on any atom is -0.00167 e. The second-order valence-corrected chi connectivity index (χ2v) is 81.7. The molecule has 0 radical (unpaired) electrons. The summed E-state index contributed by atoms with van der Waals surface area (Å²) < 4.78 is 0. The molecule has 0 amide bonds. The van der Waals surface area contributed by atoms with Gasteiger partial charge in [0.2, 0.25) is 0 Å². The maximum atomic E-state index is 3.29. The Kier molecular flexibility index (Phi) is 22.0. The third-order valence-corrected chi connectivity index (χ3v) is 127. The lowest BCUT2D eigenvalue weighted by molar-refractivity contribution is 4.50. The molecule has 0 aromatic heterocycles. The standard InChI is InChI=1S/H22P20/c1-12(2)17(11)20(18(13(3)4)14(5)6)19(15(7)8)16(9)10/h1-11H2. The highest BCUT2D eigenvalue weighted by Crippen LogP contribution is 3.30. The van der Waals surface area contributed by atoms with Crippen LogP contribution in [-0.4, -0.2) is 0 Å². The van der Waals surface area contributed by atoms with Crippen molar-refractivity contribution in [3.63, 3.8) is 0 Å². The molecule has 12 unspecified atom stereocenters. The monoisotopic (exact) mass is 642 g/mol. The van der Waals surface area contributed by atoms with Gasteiger partial charge in [-0.25, -0.2) is 0 Å². The Hall–Kier alpha value is 8.60. The molecule has 0 nitrogen and oxygen atoms in total. The molecular formula is H22P20.